The quantitative estimate of drug-likeness (QED) is 0.642. The molecule has 0 aliphatic heterocycles. The highest BCUT2D eigenvalue weighted by Gasteiger charge is 2.37. The molecule has 3 N–H and O–H groups in total. The van der Waals surface area contributed by atoms with E-state index in [4.69, 9.17) is 10.5 Å². The number of carbonyl (C=O) groups is 1. The second-order valence-corrected chi connectivity index (χ2v) is 9.86. The van der Waals surface area contributed by atoms with E-state index < -0.39 is 5.54 Å². The number of ketones is 1. The highest BCUT2D eigenvalue weighted by molar-refractivity contribution is 5.95. The molecule has 4 rings (SSSR count). The number of hydrogen-bond acceptors (Lipinski definition) is 4. The monoisotopic (exact) mass is 424 g/mol. The number of aliphatic hydroxyl groups is 1. The van der Waals surface area contributed by atoms with Crippen molar-refractivity contribution in [3.05, 3.63) is 53.3 Å². The van der Waals surface area contributed by atoms with Crippen LogP contribution < -0.4 is 10.5 Å². The molecule has 1 heterocycles. The first-order chi connectivity index (χ1) is 14.9. The molecule has 1 aromatic heterocycles. The Bertz CT molecular complexity index is 896. The summed E-state index contributed by atoms with van der Waals surface area (Å²) in [5.41, 5.74) is 8.98. The standard InChI is InChI=1S/C26H36N2O3/c1-18-3-7-21(8-4-18)31-22-9-5-19(6-10-22)15-25(30)24-12-11-23(28(24)2)20-13-14-26(27,16-20)17-29/h3-4,7-8,11-12,19-20,22,29H,5-6,9-10,13-17,27H2,1-2H3/t19?,20-,22?,26+/m1/s1. The van der Waals surface area contributed by atoms with Gasteiger partial charge < -0.3 is 20.1 Å². The van der Waals surface area contributed by atoms with Crippen molar-refractivity contribution in [1.29, 1.82) is 0 Å². The van der Waals surface area contributed by atoms with Crippen LogP contribution >= 0.6 is 0 Å². The molecule has 1 aromatic carbocycles. The van der Waals surface area contributed by atoms with Gasteiger partial charge in [-0.3, -0.25) is 4.79 Å². The second-order valence-electron chi connectivity index (χ2n) is 9.86. The van der Waals surface area contributed by atoms with Crippen LogP contribution in [0, 0.1) is 12.8 Å². The number of rotatable bonds is 7. The van der Waals surface area contributed by atoms with Crippen LogP contribution in [0.2, 0.25) is 0 Å². The van der Waals surface area contributed by atoms with Crippen molar-refractivity contribution in [3.63, 3.8) is 0 Å². The number of carbonyl (C=O) groups excluding carboxylic acids is 1. The van der Waals surface area contributed by atoms with Gasteiger partial charge in [0.2, 0.25) is 0 Å². The molecular formula is C26H36N2O3. The van der Waals surface area contributed by atoms with Crippen LogP contribution in [0.1, 0.15) is 79.0 Å². The lowest BCUT2D eigenvalue weighted by molar-refractivity contribution is 0.0894. The van der Waals surface area contributed by atoms with Crippen molar-refractivity contribution in [3.8, 4) is 5.75 Å². The molecule has 168 valence electrons. The first kappa shape index (κ1) is 22.1. The largest absolute Gasteiger partial charge is 0.490 e. The number of hydrogen-bond donors (Lipinski definition) is 2. The summed E-state index contributed by atoms with van der Waals surface area (Å²) in [4.78, 5) is 13.0. The molecule has 2 aliphatic carbocycles. The van der Waals surface area contributed by atoms with Gasteiger partial charge in [0.15, 0.2) is 5.78 Å². The van der Waals surface area contributed by atoms with Crippen molar-refractivity contribution in [2.24, 2.45) is 18.7 Å². The highest BCUT2D eigenvalue weighted by Crippen LogP contribution is 2.40. The maximum absolute atomic E-state index is 13.0. The van der Waals surface area contributed by atoms with Crippen molar-refractivity contribution in [2.45, 2.75) is 75.9 Å². The molecule has 2 fully saturated rings. The number of ether oxygens (including phenoxy) is 1. The Kier molecular flexibility index (Phi) is 6.54. The van der Waals surface area contributed by atoms with E-state index in [9.17, 15) is 9.90 Å². The van der Waals surface area contributed by atoms with Crippen molar-refractivity contribution < 1.29 is 14.6 Å². The molecule has 0 radical (unpaired) electrons. The molecular weight excluding hydrogens is 388 g/mol. The highest BCUT2D eigenvalue weighted by atomic mass is 16.5. The topological polar surface area (TPSA) is 77.5 Å². The zero-order valence-corrected chi connectivity index (χ0v) is 18.8. The van der Waals surface area contributed by atoms with Crippen LogP contribution in [0.5, 0.6) is 5.75 Å². The van der Waals surface area contributed by atoms with E-state index in [0.717, 1.165) is 56.4 Å². The smallest absolute Gasteiger partial charge is 0.179 e. The summed E-state index contributed by atoms with van der Waals surface area (Å²) in [5, 5.41) is 9.55. The van der Waals surface area contributed by atoms with Crippen LogP contribution in [0.15, 0.2) is 36.4 Å². The number of Topliss-reactive ketones (excluding diaryl/α,β-unsaturated/α-hetero) is 1. The number of nitrogens with zero attached hydrogens (tertiary/aromatic N) is 1. The fourth-order valence-electron chi connectivity index (χ4n) is 5.40. The number of aromatic nitrogens is 1. The van der Waals surface area contributed by atoms with Crippen LogP contribution in [-0.4, -0.2) is 33.7 Å². The number of nitrogens with two attached hydrogens (primary N) is 1. The lowest BCUT2D eigenvalue weighted by Gasteiger charge is -2.28. The third kappa shape index (κ3) is 5.04. The van der Waals surface area contributed by atoms with E-state index in [0.29, 0.717) is 18.3 Å². The molecule has 0 spiro atoms. The predicted octanol–water partition coefficient (Wildman–Crippen LogP) is 4.50. The summed E-state index contributed by atoms with van der Waals surface area (Å²) in [6, 6.07) is 12.3. The Balaban J connectivity index is 1.29. The summed E-state index contributed by atoms with van der Waals surface area (Å²) in [7, 11) is 1.99. The Labute approximate surface area is 185 Å². The van der Waals surface area contributed by atoms with E-state index in [1.807, 2.05) is 25.2 Å². The Morgan fingerprint density at radius 3 is 2.48 bits per heavy atom. The average Bonchev–Trinajstić information content (AvgIpc) is 3.34. The molecule has 5 nitrogen and oxygen atoms in total. The van der Waals surface area contributed by atoms with Crippen molar-refractivity contribution in [2.75, 3.05) is 6.61 Å². The van der Waals surface area contributed by atoms with E-state index >= 15 is 0 Å². The summed E-state index contributed by atoms with van der Waals surface area (Å²) < 4.78 is 8.19. The van der Waals surface area contributed by atoms with E-state index in [1.54, 1.807) is 0 Å². The molecule has 0 saturated heterocycles. The summed E-state index contributed by atoms with van der Waals surface area (Å²) in [5.74, 6) is 1.92. The van der Waals surface area contributed by atoms with Crippen LogP contribution in [-0.2, 0) is 7.05 Å². The fraction of sp³-hybridized carbons (Fsp3) is 0.577. The van der Waals surface area contributed by atoms with Crippen molar-refractivity contribution >= 4 is 5.78 Å². The van der Waals surface area contributed by atoms with Gasteiger partial charge in [0, 0.05) is 30.6 Å². The maximum Gasteiger partial charge on any atom is 0.179 e. The third-order valence-corrected chi connectivity index (χ3v) is 7.41. The minimum Gasteiger partial charge on any atom is -0.490 e. The molecule has 2 atom stereocenters. The minimum absolute atomic E-state index is 0.0238. The molecule has 31 heavy (non-hydrogen) atoms. The summed E-state index contributed by atoms with van der Waals surface area (Å²) in [6.07, 6.45) is 7.52. The number of aryl methyl sites for hydroxylation is 1. The molecule has 0 bridgehead atoms. The van der Waals surface area contributed by atoms with Gasteiger partial charge in [-0.05, 0) is 82.1 Å². The first-order valence-electron chi connectivity index (χ1n) is 11.7. The fourth-order valence-corrected chi connectivity index (χ4v) is 5.40. The van der Waals surface area contributed by atoms with Crippen LogP contribution in [0.3, 0.4) is 0 Å². The zero-order chi connectivity index (χ0) is 22.0. The van der Waals surface area contributed by atoms with E-state index in [2.05, 4.69) is 29.7 Å². The maximum atomic E-state index is 13.0. The van der Waals surface area contributed by atoms with Gasteiger partial charge in [0.1, 0.15) is 5.75 Å². The summed E-state index contributed by atoms with van der Waals surface area (Å²) >= 11 is 0. The first-order valence-corrected chi connectivity index (χ1v) is 11.7. The van der Waals surface area contributed by atoms with Gasteiger partial charge in [-0.15, -0.1) is 0 Å². The molecule has 2 aliphatic rings. The van der Waals surface area contributed by atoms with Gasteiger partial charge in [0.25, 0.3) is 0 Å². The molecule has 2 aromatic rings. The second kappa shape index (κ2) is 9.17. The SMILES string of the molecule is Cc1ccc(OC2CCC(CC(=O)c3ccc([C@@H]4CC[C@@](N)(CO)C4)n3C)CC2)cc1. The normalized spacial score (nSPS) is 28.6. The molecule has 5 heteroatoms. The number of aliphatic hydroxyl groups excluding tert-OH is 1. The van der Waals surface area contributed by atoms with Gasteiger partial charge in [0.05, 0.1) is 18.4 Å². The van der Waals surface area contributed by atoms with Gasteiger partial charge in [-0.1, -0.05) is 17.7 Å². The molecule has 0 amide bonds. The van der Waals surface area contributed by atoms with Crippen LogP contribution in [0.25, 0.3) is 0 Å². The van der Waals surface area contributed by atoms with Gasteiger partial charge in [-0.25, -0.2) is 0 Å². The van der Waals surface area contributed by atoms with Crippen LogP contribution in [0.4, 0.5) is 0 Å². The summed E-state index contributed by atoms with van der Waals surface area (Å²) in [6.45, 7) is 2.10. The zero-order valence-electron chi connectivity index (χ0n) is 18.8. The van der Waals surface area contributed by atoms with E-state index in [-0.39, 0.29) is 18.5 Å². The Morgan fingerprint density at radius 2 is 1.84 bits per heavy atom. The van der Waals surface area contributed by atoms with Gasteiger partial charge >= 0.3 is 0 Å². The Morgan fingerprint density at radius 1 is 1.13 bits per heavy atom. The third-order valence-electron chi connectivity index (χ3n) is 7.41. The lowest BCUT2D eigenvalue weighted by atomic mass is 9.84. The minimum atomic E-state index is -0.474. The average molecular weight is 425 g/mol. The lowest BCUT2D eigenvalue weighted by Crippen LogP contribution is -2.40. The van der Waals surface area contributed by atoms with Crippen molar-refractivity contribution in [1.82, 2.24) is 4.57 Å². The molecule has 0 unspecified atom stereocenters. The Hall–Kier alpha value is -2.11. The molecule has 2 saturated carbocycles. The van der Waals surface area contributed by atoms with Gasteiger partial charge in [-0.2, -0.15) is 0 Å². The number of benzene rings is 1. The predicted molar refractivity (Wildman–Crippen MR) is 123 cm³/mol. The van der Waals surface area contributed by atoms with E-state index in [1.165, 1.54) is 11.3 Å².